The molecule has 0 amide bonds. The normalized spacial score (nSPS) is 10.8. The largest absolute Gasteiger partial charge is 0.491 e. The summed E-state index contributed by atoms with van der Waals surface area (Å²) in [7, 11) is 0. The Hall–Kier alpha value is -2.27. The number of carbonyl (C=O) groups is 1. The van der Waals surface area contributed by atoms with Crippen molar-refractivity contribution in [2.45, 2.75) is 32.6 Å². The fraction of sp³-hybridized carbons (Fsp3) is 0.682. The molecule has 182 valence electrons. The number of hydrogen-bond donors (Lipinski definition) is 0. The maximum Gasteiger partial charge on any atom is 0.305 e. The van der Waals surface area contributed by atoms with Gasteiger partial charge in [0.15, 0.2) is 0 Å². The van der Waals surface area contributed by atoms with Crippen LogP contribution in [0, 0.1) is 10.1 Å². The molecule has 0 unspecified atom stereocenters. The molecule has 0 bridgehead atoms. The quantitative estimate of drug-likeness (QED) is 0.119. The molecule has 1 aromatic rings. The van der Waals surface area contributed by atoms with Crippen molar-refractivity contribution in [2.24, 2.45) is 0 Å². The minimum atomic E-state index is -0.455. The van der Waals surface area contributed by atoms with E-state index < -0.39 is 4.92 Å². The van der Waals surface area contributed by atoms with Crippen LogP contribution in [-0.2, 0) is 28.5 Å². The molecule has 10 heteroatoms. The van der Waals surface area contributed by atoms with Gasteiger partial charge in [0.2, 0.25) is 0 Å². The first-order chi connectivity index (χ1) is 15.6. The van der Waals surface area contributed by atoms with Gasteiger partial charge in [0.1, 0.15) is 19.0 Å². The molecule has 0 aliphatic rings. The molecular weight excluding hydrogens is 422 g/mol. The molecule has 0 atom stereocenters. The highest BCUT2D eigenvalue weighted by atomic mass is 16.6. The van der Waals surface area contributed by atoms with Gasteiger partial charge in [-0.05, 0) is 18.6 Å². The third-order valence-corrected chi connectivity index (χ3v) is 4.14. The lowest BCUT2D eigenvalue weighted by Gasteiger charge is -2.08. The molecule has 0 spiro atoms. The topological polar surface area (TPSA) is 116 Å². The Labute approximate surface area is 189 Å². The molecule has 32 heavy (non-hydrogen) atoms. The summed E-state index contributed by atoms with van der Waals surface area (Å²) in [5.74, 6) is 0.386. The summed E-state index contributed by atoms with van der Waals surface area (Å²) in [4.78, 5) is 21.5. The maximum atomic E-state index is 11.4. The second-order valence-corrected chi connectivity index (χ2v) is 6.73. The number of unbranched alkanes of at least 4 members (excludes halogenated alkanes) is 2. The van der Waals surface area contributed by atoms with Crippen molar-refractivity contribution in [1.29, 1.82) is 0 Å². The zero-order valence-corrected chi connectivity index (χ0v) is 18.8. The van der Waals surface area contributed by atoms with Crippen LogP contribution in [0.3, 0.4) is 0 Å². The van der Waals surface area contributed by atoms with Gasteiger partial charge in [-0.2, -0.15) is 0 Å². The van der Waals surface area contributed by atoms with Gasteiger partial charge in [0.05, 0.1) is 57.8 Å². The van der Waals surface area contributed by atoms with Crippen LogP contribution in [0.25, 0.3) is 0 Å². The first kappa shape index (κ1) is 27.8. The van der Waals surface area contributed by atoms with Gasteiger partial charge in [-0.15, -0.1) is 0 Å². The molecule has 1 aromatic carbocycles. The Kier molecular flexibility index (Phi) is 16.8. The van der Waals surface area contributed by atoms with Crippen molar-refractivity contribution in [3.63, 3.8) is 0 Å². The number of esters is 1. The van der Waals surface area contributed by atoms with E-state index in [0.717, 1.165) is 19.3 Å². The number of ether oxygens (including phenoxy) is 6. The molecule has 0 radical (unpaired) electrons. The highest BCUT2D eigenvalue weighted by molar-refractivity contribution is 5.69. The van der Waals surface area contributed by atoms with E-state index in [1.165, 1.54) is 12.1 Å². The minimum absolute atomic E-state index is 0.0260. The van der Waals surface area contributed by atoms with Gasteiger partial charge >= 0.3 is 5.97 Å². The summed E-state index contributed by atoms with van der Waals surface area (Å²) in [6.45, 7) is 6.14. The average Bonchev–Trinajstić information content (AvgIpc) is 2.79. The Morgan fingerprint density at radius 3 is 1.78 bits per heavy atom. The van der Waals surface area contributed by atoms with E-state index in [-0.39, 0.29) is 18.3 Å². The predicted molar refractivity (Wildman–Crippen MR) is 117 cm³/mol. The lowest BCUT2D eigenvalue weighted by atomic mass is 10.2. The van der Waals surface area contributed by atoms with Crippen molar-refractivity contribution in [2.75, 3.05) is 66.1 Å². The molecule has 0 aliphatic carbocycles. The van der Waals surface area contributed by atoms with Gasteiger partial charge in [-0.1, -0.05) is 19.8 Å². The SMILES string of the molecule is CCCCCC(=O)OCCOCCOCCOCCOCCOc1ccc([N+](=O)[O-])cc1. The van der Waals surface area contributed by atoms with Crippen LogP contribution in [0.15, 0.2) is 24.3 Å². The van der Waals surface area contributed by atoms with Gasteiger partial charge in [0.25, 0.3) is 5.69 Å². The number of nitro groups is 1. The smallest absolute Gasteiger partial charge is 0.305 e. The van der Waals surface area contributed by atoms with E-state index in [1.54, 1.807) is 12.1 Å². The molecule has 0 heterocycles. The molecule has 0 aromatic heterocycles. The number of non-ortho nitro benzene ring substituents is 1. The zero-order valence-electron chi connectivity index (χ0n) is 18.8. The molecule has 1 rings (SSSR count). The number of nitro benzene ring substituents is 1. The van der Waals surface area contributed by atoms with E-state index in [1.807, 2.05) is 0 Å². The van der Waals surface area contributed by atoms with Crippen molar-refractivity contribution in [3.05, 3.63) is 34.4 Å². The van der Waals surface area contributed by atoms with E-state index in [9.17, 15) is 14.9 Å². The first-order valence-corrected chi connectivity index (χ1v) is 11.0. The van der Waals surface area contributed by atoms with Crippen LogP contribution in [0.5, 0.6) is 5.75 Å². The fourth-order valence-corrected chi connectivity index (χ4v) is 2.45. The second-order valence-electron chi connectivity index (χ2n) is 6.73. The fourth-order valence-electron chi connectivity index (χ4n) is 2.45. The highest BCUT2D eigenvalue weighted by Gasteiger charge is 2.04. The number of hydrogen-bond acceptors (Lipinski definition) is 9. The summed E-state index contributed by atoms with van der Waals surface area (Å²) in [5, 5.41) is 10.6. The van der Waals surface area contributed by atoms with Crippen LogP contribution in [0.2, 0.25) is 0 Å². The van der Waals surface area contributed by atoms with Crippen LogP contribution < -0.4 is 4.74 Å². The summed E-state index contributed by atoms with van der Waals surface area (Å²) in [5.41, 5.74) is 0.0260. The second kappa shape index (κ2) is 19.4. The van der Waals surface area contributed by atoms with E-state index >= 15 is 0 Å². The Balaban J connectivity index is 1.78. The number of rotatable bonds is 21. The summed E-state index contributed by atoms with van der Waals surface area (Å²) in [6, 6.07) is 5.89. The standard InChI is InChI=1S/C22H35NO9/c1-2-3-4-5-22(24)32-19-17-30-15-13-28-11-10-27-12-14-29-16-18-31-21-8-6-20(7-9-21)23(25)26/h6-9H,2-5,10-19H2,1H3. The van der Waals surface area contributed by atoms with Crippen LogP contribution in [0.1, 0.15) is 32.6 Å². The summed E-state index contributed by atoms with van der Waals surface area (Å²) in [6.07, 6.45) is 3.47. The molecule has 0 saturated carbocycles. The lowest BCUT2D eigenvalue weighted by molar-refractivity contribution is -0.384. The highest BCUT2D eigenvalue weighted by Crippen LogP contribution is 2.17. The lowest BCUT2D eigenvalue weighted by Crippen LogP contribution is -2.15. The monoisotopic (exact) mass is 457 g/mol. The van der Waals surface area contributed by atoms with Gasteiger partial charge in [-0.3, -0.25) is 14.9 Å². The zero-order chi connectivity index (χ0) is 23.3. The summed E-state index contributed by atoms with van der Waals surface area (Å²) < 4.78 is 32.0. The van der Waals surface area contributed by atoms with Crippen molar-refractivity contribution < 1.29 is 38.1 Å². The number of nitrogens with zero attached hydrogens (tertiary/aromatic N) is 1. The Morgan fingerprint density at radius 1 is 0.781 bits per heavy atom. The maximum absolute atomic E-state index is 11.4. The van der Waals surface area contributed by atoms with Crippen LogP contribution in [-0.4, -0.2) is 77.0 Å². The van der Waals surface area contributed by atoms with E-state index in [4.69, 9.17) is 28.4 Å². The van der Waals surface area contributed by atoms with Gasteiger partial charge in [0, 0.05) is 18.6 Å². The van der Waals surface area contributed by atoms with Crippen molar-refractivity contribution in [1.82, 2.24) is 0 Å². The molecule has 10 nitrogen and oxygen atoms in total. The van der Waals surface area contributed by atoms with E-state index in [2.05, 4.69) is 6.92 Å². The Morgan fingerprint density at radius 2 is 1.28 bits per heavy atom. The van der Waals surface area contributed by atoms with Crippen LogP contribution in [0.4, 0.5) is 5.69 Å². The molecular formula is C22H35NO9. The minimum Gasteiger partial charge on any atom is -0.491 e. The van der Waals surface area contributed by atoms with Gasteiger partial charge in [-0.25, -0.2) is 0 Å². The molecule has 0 saturated heterocycles. The third kappa shape index (κ3) is 15.5. The van der Waals surface area contributed by atoms with Gasteiger partial charge < -0.3 is 28.4 Å². The van der Waals surface area contributed by atoms with Crippen molar-refractivity contribution in [3.8, 4) is 5.75 Å². The molecule has 0 N–H and O–H groups in total. The first-order valence-electron chi connectivity index (χ1n) is 11.0. The third-order valence-electron chi connectivity index (χ3n) is 4.14. The Bertz CT molecular complexity index is 610. The van der Waals surface area contributed by atoms with Crippen LogP contribution >= 0.6 is 0 Å². The average molecular weight is 458 g/mol. The van der Waals surface area contributed by atoms with E-state index in [0.29, 0.717) is 71.6 Å². The van der Waals surface area contributed by atoms with Crippen molar-refractivity contribution >= 4 is 11.7 Å². The predicted octanol–water partition coefficient (Wildman–Crippen LogP) is 3.16. The molecule has 0 fully saturated rings. The molecule has 0 aliphatic heterocycles. The summed E-state index contributed by atoms with van der Waals surface area (Å²) >= 11 is 0. The number of benzene rings is 1. The number of carbonyl (C=O) groups excluding carboxylic acids is 1.